The molecule has 0 aliphatic heterocycles. The average molecular weight is 277 g/mol. The third-order valence-electron chi connectivity index (χ3n) is 2.53. The summed E-state index contributed by atoms with van der Waals surface area (Å²) < 4.78 is 41.0. The summed E-state index contributed by atoms with van der Waals surface area (Å²) in [5.41, 5.74) is -0.0935. The number of phenolic OH excluding ortho intramolecular Hbond substituents is 1. The second kappa shape index (κ2) is 5.81. The quantitative estimate of drug-likeness (QED) is 0.919. The predicted molar refractivity (Wildman–Crippen MR) is 62.3 cm³/mol. The van der Waals surface area contributed by atoms with E-state index in [4.69, 9.17) is 4.74 Å². The molecule has 7 heteroatoms. The van der Waals surface area contributed by atoms with E-state index in [-0.39, 0.29) is 17.1 Å². The number of alkyl halides is 3. The molecule has 0 atom stereocenters. The van der Waals surface area contributed by atoms with E-state index >= 15 is 0 Å². The normalized spacial score (nSPS) is 11.2. The molecule has 0 aliphatic rings. The van der Waals surface area contributed by atoms with Crippen LogP contribution in [0.4, 0.5) is 13.2 Å². The van der Waals surface area contributed by atoms with Crippen LogP contribution < -0.4 is 4.74 Å². The topological polar surface area (TPSA) is 49.8 Å². The Morgan fingerprint density at radius 3 is 2.58 bits per heavy atom. The van der Waals surface area contributed by atoms with E-state index in [0.717, 1.165) is 4.90 Å². The van der Waals surface area contributed by atoms with Crippen LogP contribution in [0.2, 0.25) is 0 Å². The molecular formula is C12H14F3NO3. The lowest BCUT2D eigenvalue weighted by Crippen LogP contribution is -2.30. The van der Waals surface area contributed by atoms with Crippen molar-refractivity contribution in [2.75, 3.05) is 20.7 Å². The highest BCUT2D eigenvalue weighted by molar-refractivity contribution is 5.97. The number of nitrogens with zero attached hydrogens (tertiary/aromatic N) is 1. The van der Waals surface area contributed by atoms with E-state index in [9.17, 15) is 23.1 Å². The Labute approximate surface area is 108 Å². The highest BCUT2D eigenvalue weighted by Gasteiger charge is 2.28. The van der Waals surface area contributed by atoms with Gasteiger partial charge in [0.15, 0.2) is 11.5 Å². The molecule has 4 nitrogen and oxygen atoms in total. The van der Waals surface area contributed by atoms with Crippen molar-refractivity contribution in [3.8, 4) is 11.5 Å². The fourth-order valence-corrected chi connectivity index (χ4v) is 1.46. The van der Waals surface area contributed by atoms with Crippen molar-refractivity contribution in [1.82, 2.24) is 4.90 Å². The molecule has 0 aromatic heterocycles. The first-order valence-electron chi connectivity index (χ1n) is 5.44. The van der Waals surface area contributed by atoms with E-state index in [1.165, 1.54) is 32.4 Å². The molecule has 0 spiro atoms. The van der Waals surface area contributed by atoms with Crippen molar-refractivity contribution in [3.05, 3.63) is 23.8 Å². The van der Waals surface area contributed by atoms with Gasteiger partial charge in [0.2, 0.25) is 0 Å². The predicted octanol–water partition coefficient (Wildman–Crippen LogP) is 2.43. The molecule has 0 fully saturated rings. The molecule has 1 amide bonds. The highest BCUT2D eigenvalue weighted by Crippen LogP contribution is 2.30. The summed E-state index contributed by atoms with van der Waals surface area (Å²) in [6, 6.07) is 4.25. The van der Waals surface area contributed by atoms with Crippen molar-refractivity contribution >= 4 is 5.91 Å². The minimum atomic E-state index is -4.33. The number of para-hydroxylation sites is 1. The van der Waals surface area contributed by atoms with Crippen LogP contribution in [0.15, 0.2) is 18.2 Å². The molecule has 0 saturated carbocycles. The van der Waals surface area contributed by atoms with E-state index in [2.05, 4.69) is 0 Å². The van der Waals surface area contributed by atoms with E-state index in [0.29, 0.717) is 0 Å². The Bertz CT molecular complexity index is 460. The number of ether oxygens (including phenoxy) is 1. The summed E-state index contributed by atoms with van der Waals surface area (Å²) in [4.78, 5) is 12.8. The first kappa shape index (κ1) is 15.1. The summed E-state index contributed by atoms with van der Waals surface area (Å²) in [6.07, 6.45) is -5.43. The zero-order valence-electron chi connectivity index (χ0n) is 10.5. The number of halogens is 3. The molecule has 0 saturated heterocycles. The van der Waals surface area contributed by atoms with Crippen LogP contribution >= 0.6 is 0 Å². The number of methoxy groups -OCH3 is 1. The van der Waals surface area contributed by atoms with E-state index in [1.54, 1.807) is 0 Å². The van der Waals surface area contributed by atoms with Gasteiger partial charge in [-0.05, 0) is 12.1 Å². The molecule has 1 N–H and O–H groups in total. The Balaban J connectivity index is 2.83. The van der Waals surface area contributed by atoms with Gasteiger partial charge in [-0.25, -0.2) is 0 Å². The van der Waals surface area contributed by atoms with Gasteiger partial charge in [-0.2, -0.15) is 13.2 Å². The number of phenols is 1. The van der Waals surface area contributed by atoms with Gasteiger partial charge >= 0.3 is 6.18 Å². The molecule has 1 aromatic carbocycles. The minimum absolute atomic E-state index is 0.0927. The molecule has 0 radical (unpaired) electrons. The molecular weight excluding hydrogens is 263 g/mol. The standard InChI is InChI=1S/C12H14F3NO3/c1-16(7-6-12(13,14)15)11(18)8-4-3-5-9(19-2)10(8)17/h3-5,17H,6-7H2,1-2H3. The fourth-order valence-electron chi connectivity index (χ4n) is 1.46. The molecule has 19 heavy (non-hydrogen) atoms. The number of hydrogen-bond acceptors (Lipinski definition) is 3. The van der Waals surface area contributed by atoms with E-state index < -0.39 is 25.0 Å². The fraction of sp³-hybridized carbons (Fsp3) is 0.417. The monoisotopic (exact) mass is 277 g/mol. The maximum Gasteiger partial charge on any atom is 0.390 e. The average Bonchev–Trinajstić information content (AvgIpc) is 2.34. The number of amides is 1. The molecule has 0 heterocycles. The lowest BCUT2D eigenvalue weighted by Gasteiger charge is -2.19. The van der Waals surface area contributed by atoms with Crippen LogP contribution in [-0.2, 0) is 0 Å². The molecule has 0 aliphatic carbocycles. The van der Waals surface area contributed by atoms with Crippen molar-refractivity contribution < 1.29 is 27.8 Å². The third-order valence-corrected chi connectivity index (χ3v) is 2.53. The van der Waals surface area contributed by atoms with Crippen LogP contribution in [0.5, 0.6) is 11.5 Å². The van der Waals surface area contributed by atoms with Gasteiger partial charge in [-0.3, -0.25) is 4.79 Å². The van der Waals surface area contributed by atoms with Gasteiger partial charge in [0.25, 0.3) is 5.91 Å². The van der Waals surface area contributed by atoms with Crippen LogP contribution in [0.1, 0.15) is 16.8 Å². The van der Waals surface area contributed by atoms with E-state index in [1.807, 2.05) is 0 Å². The zero-order valence-corrected chi connectivity index (χ0v) is 10.5. The van der Waals surface area contributed by atoms with Gasteiger partial charge < -0.3 is 14.7 Å². The second-order valence-corrected chi connectivity index (χ2v) is 3.95. The van der Waals surface area contributed by atoms with Gasteiger partial charge in [0.05, 0.1) is 19.1 Å². The Morgan fingerprint density at radius 2 is 2.05 bits per heavy atom. The Kier molecular flexibility index (Phi) is 4.63. The summed E-state index contributed by atoms with van der Waals surface area (Å²) in [5, 5.41) is 9.74. The summed E-state index contributed by atoms with van der Waals surface area (Å²) in [7, 11) is 2.56. The second-order valence-electron chi connectivity index (χ2n) is 3.95. The third kappa shape index (κ3) is 4.04. The van der Waals surface area contributed by atoms with Gasteiger partial charge in [0.1, 0.15) is 0 Å². The Morgan fingerprint density at radius 1 is 1.42 bits per heavy atom. The Hall–Kier alpha value is -1.92. The molecule has 0 bridgehead atoms. The smallest absolute Gasteiger partial charge is 0.390 e. The molecule has 0 unspecified atom stereocenters. The molecule has 1 rings (SSSR count). The van der Waals surface area contributed by atoms with Gasteiger partial charge in [-0.15, -0.1) is 0 Å². The SMILES string of the molecule is COc1cccc(C(=O)N(C)CCC(F)(F)F)c1O. The van der Waals surface area contributed by atoms with Crippen LogP contribution in [0.3, 0.4) is 0 Å². The minimum Gasteiger partial charge on any atom is -0.504 e. The largest absolute Gasteiger partial charge is 0.504 e. The van der Waals surface area contributed by atoms with Crippen molar-refractivity contribution in [1.29, 1.82) is 0 Å². The number of carbonyl (C=O) groups excluding carboxylic acids is 1. The van der Waals surface area contributed by atoms with Crippen LogP contribution in [0, 0.1) is 0 Å². The molecule has 1 aromatic rings. The lowest BCUT2D eigenvalue weighted by atomic mass is 10.1. The number of rotatable bonds is 4. The van der Waals surface area contributed by atoms with Gasteiger partial charge in [0, 0.05) is 13.6 Å². The number of aromatic hydroxyl groups is 1. The number of benzene rings is 1. The summed E-state index contributed by atoms with van der Waals surface area (Å²) in [6.45, 7) is -0.473. The lowest BCUT2D eigenvalue weighted by molar-refractivity contribution is -0.136. The zero-order chi connectivity index (χ0) is 14.6. The van der Waals surface area contributed by atoms with Gasteiger partial charge in [-0.1, -0.05) is 6.07 Å². The maximum atomic E-state index is 12.1. The van der Waals surface area contributed by atoms with Crippen LogP contribution in [0.25, 0.3) is 0 Å². The summed E-state index contributed by atoms with van der Waals surface area (Å²) >= 11 is 0. The first-order chi connectivity index (χ1) is 8.76. The highest BCUT2D eigenvalue weighted by atomic mass is 19.4. The first-order valence-corrected chi connectivity index (χ1v) is 5.44. The van der Waals surface area contributed by atoms with Crippen molar-refractivity contribution in [2.45, 2.75) is 12.6 Å². The molecule has 106 valence electrons. The maximum absolute atomic E-state index is 12.1. The number of hydrogen-bond donors (Lipinski definition) is 1. The van der Waals surface area contributed by atoms with Crippen molar-refractivity contribution in [2.24, 2.45) is 0 Å². The number of carbonyl (C=O) groups is 1. The summed E-state index contributed by atoms with van der Waals surface area (Å²) in [5.74, 6) is -0.982. The van der Waals surface area contributed by atoms with Crippen molar-refractivity contribution in [3.63, 3.8) is 0 Å². The van der Waals surface area contributed by atoms with Crippen LogP contribution in [-0.4, -0.2) is 42.8 Å².